The molecule has 0 aromatic carbocycles. The van der Waals surface area contributed by atoms with Crippen LogP contribution in [-0.2, 0) is 19.0 Å². The highest BCUT2D eigenvalue weighted by Gasteiger charge is 2.61. The van der Waals surface area contributed by atoms with Crippen molar-refractivity contribution >= 4 is 5.97 Å². The van der Waals surface area contributed by atoms with E-state index in [9.17, 15) is 4.79 Å². The molecule has 0 N–H and O–H groups in total. The molecule has 0 bridgehead atoms. The van der Waals surface area contributed by atoms with Gasteiger partial charge in [-0.25, -0.2) is 0 Å². The first-order chi connectivity index (χ1) is 11.9. The van der Waals surface area contributed by atoms with E-state index >= 15 is 0 Å². The fraction of sp³-hybridized carbons (Fsp3) is 0.952. The van der Waals surface area contributed by atoms with Gasteiger partial charge in [0.1, 0.15) is 6.10 Å². The molecule has 1 heterocycles. The predicted molar refractivity (Wildman–Crippen MR) is 94.8 cm³/mol. The lowest BCUT2D eigenvalue weighted by Gasteiger charge is -2.60. The van der Waals surface area contributed by atoms with Crippen molar-refractivity contribution in [1.29, 1.82) is 0 Å². The minimum atomic E-state index is -0.115. The summed E-state index contributed by atoms with van der Waals surface area (Å²) in [5, 5.41) is 0. The second kappa shape index (κ2) is 6.23. The lowest BCUT2D eigenvalue weighted by Crippen LogP contribution is -2.57. The first kappa shape index (κ1) is 17.8. The van der Waals surface area contributed by atoms with Gasteiger partial charge in [-0.3, -0.25) is 4.79 Å². The monoisotopic (exact) mass is 350 g/mol. The Morgan fingerprint density at radius 1 is 0.960 bits per heavy atom. The number of fused-ring (bicyclic) bond motifs is 5. The average Bonchev–Trinajstić information content (AvgIpc) is 2.90. The van der Waals surface area contributed by atoms with E-state index < -0.39 is 0 Å². The molecule has 0 unspecified atom stereocenters. The summed E-state index contributed by atoms with van der Waals surface area (Å²) >= 11 is 0. The second-order valence-electron chi connectivity index (χ2n) is 9.51. The molecule has 0 amide bonds. The van der Waals surface area contributed by atoms with Crippen LogP contribution in [0.4, 0.5) is 0 Å². The van der Waals surface area contributed by atoms with Crippen LogP contribution in [0.3, 0.4) is 0 Å². The highest BCUT2D eigenvalue weighted by molar-refractivity contribution is 5.66. The van der Waals surface area contributed by atoms with E-state index in [0.29, 0.717) is 17.4 Å². The Hall–Kier alpha value is -0.610. The third-order valence-corrected chi connectivity index (χ3v) is 8.50. The minimum Gasteiger partial charge on any atom is -0.462 e. The molecule has 0 aromatic heterocycles. The number of esters is 1. The lowest BCUT2D eigenvalue weighted by molar-refractivity contribution is -0.257. The van der Waals surface area contributed by atoms with E-state index in [0.717, 1.165) is 31.1 Å². The van der Waals surface area contributed by atoms with Crippen molar-refractivity contribution < 1.29 is 19.0 Å². The van der Waals surface area contributed by atoms with Crippen LogP contribution in [-0.4, -0.2) is 31.6 Å². The highest BCUT2D eigenvalue weighted by atomic mass is 16.7. The maximum atomic E-state index is 11.5. The SMILES string of the molecule is CO[C@H]1CC[C@]2(C)[C@@H]3CC[C@]4(C)[C@@H](OC(C)=O)CC[C@@H]4[C@H]3CC[C@H]2O1. The standard InChI is InChI=1S/C21H34O4/c1-13(22)24-17-8-6-15-14-5-7-18-21(3,12-10-19(23-4)25-18)16(14)9-11-20(15,17)2/h14-19H,5-12H2,1-4H3/t14-,15-,16-,17+,18-,19-,20+,21-/m1/s1. The zero-order chi connectivity index (χ0) is 17.8. The molecular formula is C21H34O4. The third kappa shape index (κ3) is 2.66. The zero-order valence-electron chi connectivity index (χ0n) is 16.3. The number of ether oxygens (including phenoxy) is 3. The summed E-state index contributed by atoms with van der Waals surface area (Å²) in [6, 6.07) is 0. The Kier molecular flexibility index (Phi) is 4.43. The van der Waals surface area contributed by atoms with Crippen LogP contribution in [0, 0.1) is 28.6 Å². The topological polar surface area (TPSA) is 44.8 Å². The molecule has 3 saturated carbocycles. The van der Waals surface area contributed by atoms with Gasteiger partial charge < -0.3 is 14.2 Å². The molecule has 8 atom stereocenters. The van der Waals surface area contributed by atoms with Gasteiger partial charge >= 0.3 is 5.97 Å². The zero-order valence-corrected chi connectivity index (χ0v) is 16.3. The smallest absolute Gasteiger partial charge is 0.302 e. The minimum absolute atomic E-state index is 0.0108. The molecule has 0 radical (unpaired) electrons. The average molecular weight is 350 g/mol. The van der Waals surface area contributed by atoms with Crippen molar-refractivity contribution in [3.8, 4) is 0 Å². The Morgan fingerprint density at radius 2 is 1.68 bits per heavy atom. The predicted octanol–water partition coefficient (Wildman–Crippen LogP) is 4.31. The Balaban J connectivity index is 1.55. The number of hydrogen-bond acceptors (Lipinski definition) is 4. The van der Waals surface area contributed by atoms with Gasteiger partial charge in [0.2, 0.25) is 0 Å². The maximum Gasteiger partial charge on any atom is 0.302 e. The molecule has 1 saturated heterocycles. The van der Waals surface area contributed by atoms with E-state index in [4.69, 9.17) is 14.2 Å². The normalized spacial score (nSPS) is 52.0. The van der Waals surface area contributed by atoms with Gasteiger partial charge in [0.15, 0.2) is 6.29 Å². The summed E-state index contributed by atoms with van der Waals surface area (Å²) in [6.07, 6.45) is 9.82. The van der Waals surface area contributed by atoms with Gasteiger partial charge in [-0.1, -0.05) is 13.8 Å². The number of carbonyl (C=O) groups excluding carboxylic acids is 1. The van der Waals surface area contributed by atoms with Crippen LogP contribution < -0.4 is 0 Å². The highest BCUT2D eigenvalue weighted by Crippen LogP contribution is 2.65. The summed E-state index contributed by atoms with van der Waals surface area (Å²) < 4.78 is 17.5. The van der Waals surface area contributed by atoms with Gasteiger partial charge in [-0.15, -0.1) is 0 Å². The van der Waals surface area contributed by atoms with Crippen molar-refractivity contribution in [3.63, 3.8) is 0 Å². The summed E-state index contributed by atoms with van der Waals surface area (Å²) in [5.41, 5.74) is 0.472. The van der Waals surface area contributed by atoms with Gasteiger partial charge in [-0.2, -0.15) is 0 Å². The van der Waals surface area contributed by atoms with Crippen molar-refractivity contribution in [2.45, 2.75) is 90.6 Å². The van der Waals surface area contributed by atoms with E-state index in [1.54, 1.807) is 14.0 Å². The number of carbonyl (C=O) groups is 1. The largest absolute Gasteiger partial charge is 0.462 e. The molecule has 4 aliphatic rings. The Morgan fingerprint density at radius 3 is 2.40 bits per heavy atom. The Bertz CT molecular complexity index is 534. The van der Waals surface area contributed by atoms with Crippen molar-refractivity contribution in [2.75, 3.05) is 7.11 Å². The van der Waals surface area contributed by atoms with E-state index in [-0.39, 0.29) is 23.8 Å². The fourth-order valence-corrected chi connectivity index (χ4v) is 7.19. The van der Waals surface area contributed by atoms with Gasteiger partial charge in [0, 0.05) is 19.4 Å². The molecule has 3 aliphatic carbocycles. The molecule has 1 aliphatic heterocycles. The van der Waals surface area contributed by atoms with Crippen molar-refractivity contribution in [1.82, 2.24) is 0 Å². The van der Waals surface area contributed by atoms with Crippen LogP contribution in [0.2, 0.25) is 0 Å². The van der Waals surface area contributed by atoms with Crippen LogP contribution in [0.1, 0.15) is 72.1 Å². The molecule has 4 heteroatoms. The molecular weight excluding hydrogens is 316 g/mol. The number of methoxy groups -OCH3 is 1. The quantitative estimate of drug-likeness (QED) is 0.696. The van der Waals surface area contributed by atoms with Crippen molar-refractivity contribution in [2.24, 2.45) is 28.6 Å². The van der Waals surface area contributed by atoms with E-state index in [1.807, 2.05) is 0 Å². The van der Waals surface area contributed by atoms with Gasteiger partial charge in [-0.05, 0) is 74.5 Å². The summed E-state index contributed by atoms with van der Waals surface area (Å²) in [7, 11) is 1.76. The summed E-state index contributed by atoms with van der Waals surface area (Å²) in [6.45, 7) is 6.42. The molecule has 4 fully saturated rings. The Labute approximate surface area is 152 Å². The molecule has 25 heavy (non-hydrogen) atoms. The van der Waals surface area contributed by atoms with Crippen LogP contribution in [0.5, 0.6) is 0 Å². The maximum absolute atomic E-state index is 11.5. The summed E-state index contributed by atoms with van der Waals surface area (Å²) in [5.74, 6) is 2.10. The van der Waals surface area contributed by atoms with E-state index in [1.165, 1.54) is 32.1 Å². The molecule has 0 spiro atoms. The number of rotatable bonds is 2. The fourth-order valence-electron chi connectivity index (χ4n) is 7.19. The molecule has 142 valence electrons. The first-order valence-electron chi connectivity index (χ1n) is 10.2. The summed E-state index contributed by atoms with van der Waals surface area (Å²) in [4.78, 5) is 11.5. The third-order valence-electron chi connectivity index (χ3n) is 8.50. The van der Waals surface area contributed by atoms with Gasteiger partial charge in [0.25, 0.3) is 0 Å². The molecule has 0 aromatic rings. The number of hydrogen-bond donors (Lipinski definition) is 0. The van der Waals surface area contributed by atoms with Crippen LogP contribution in [0.15, 0.2) is 0 Å². The molecule has 4 nitrogen and oxygen atoms in total. The molecule has 4 rings (SSSR count). The van der Waals surface area contributed by atoms with E-state index in [2.05, 4.69) is 13.8 Å². The van der Waals surface area contributed by atoms with Crippen LogP contribution >= 0.6 is 0 Å². The van der Waals surface area contributed by atoms with Gasteiger partial charge in [0.05, 0.1) is 6.10 Å². The van der Waals surface area contributed by atoms with Crippen molar-refractivity contribution in [3.05, 3.63) is 0 Å². The van der Waals surface area contributed by atoms with Crippen LogP contribution in [0.25, 0.3) is 0 Å². The second-order valence-corrected chi connectivity index (χ2v) is 9.51. The lowest BCUT2D eigenvalue weighted by atomic mass is 9.48. The first-order valence-corrected chi connectivity index (χ1v) is 10.2.